The first-order valence-corrected chi connectivity index (χ1v) is 27.8. The Labute approximate surface area is 477 Å². The van der Waals surface area contributed by atoms with Crippen LogP contribution in [0.2, 0.25) is 0 Å². The van der Waals surface area contributed by atoms with Gasteiger partial charge in [-0.2, -0.15) is 9.97 Å². The summed E-state index contributed by atoms with van der Waals surface area (Å²) in [5.41, 5.74) is -0.805. The van der Waals surface area contributed by atoms with Crippen LogP contribution in [0.15, 0.2) is 71.7 Å². The summed E-state index contributed by atoms with van der Waals surface area (Å²) in [5.74, 6) is -0.0445. The quantitative estimate of drug-likeness (QED) is 0.0539. The third-order valence-corrected chi connectivity index (χ3v) is 17.6. The molecule has 5 atom stereocenters. The molecule has 2 unspecified atom stereocenters. The molecule has 13 rings (SSSR count). The second-order valence-electron chi connectivity index (χ2n) is 22.3. The number of piperazine rings is 1. The number of hydrogen-bond acceptors (Lipinski definition) is 17. The zero-order valence-electron chi connectivity index (χ0n) is 45.6. The number of halogens is 3. The highest BCUT2D eigenvalue weighted by Gasteiger charge is 2.50. The Morgan fingerprint density at radius 1 is 1.00 bits per heavy atom. The number of rotatable bonds is 14. The summed E-state index contributed by atoms with van der Waals surface area (Å²) in [7, 11) is 0. The topological polar surface area (TPSA) is 244 Å². The van der Waals surface area contributed by atoms with Crippen molar-refractivity contribution in [2.75, 3.05) is 57.5 Å². The molecule has 84 heavy (non-hydrogen) atoms. The van der Waals surface area contributed by atoms with Gasteiger partial charge in [0.1, 0.15) is 66.9 Å². The third-order valence-electron chi connectivity index (χ3n) is 17.6. The molecule has 432 valence electrons. The van der Waals surface area contributed by atoms with Crippen LogP contribution in [-0.2, 0) is 44.4 Å². The zero-order chi connectivity index (χ0) is 58.5. The SMILES string of the molecule is C#Cc1c(F)ccc2cc(O)cc(-c3ncc4c(N5CC6CCC(C5)N6C(=O)C(=C)COc5ccc6nc7c(c(CNC(=O)OCCO)c6c5)Cn5c-7cc6c(c5=O)COC(=O)[C@]6(O)CC)nc(OC[C@@]56CCCN5C[C@H](F)C6)nc4c3F)c12. The molecule has 0 spiro atoms. The number of phenols is 1. The molecule has 6 aliphatic rings. The van der Waals surface area contributed by atoms with E-state index in [1.165, 1.54) is 35.0 Å². The number of pyridine rings is 3. The van der Waals surface area contributed by atoms with Crippen LogP contribution >= 0.6 is 0 Å². The van der Waals surface area contributed by atoms with E-state index in [4.69, 9.17) is 35.3 Å². The molecular formula is C61H56F3N9O11. The Bertz CT molecular complexity index is 4090. The number of terminal acetylenes is 1. The lowest BCUT2D eigenvalue weighted by atomic mass is 9.86. The van der Waals surface area contributed by atoms with Crippen LogP contribution in [0.25, 0.3) is 55.2 Å². The Hall–Kier alpha value is -8.85. The van der Waals surface area contributed by atoms with E-state index in [0.717, 1.165) is 13.0 Å². The van der Waals surface area contributed by atoms with Crippen molar-refractivity contribution < 1.29 is 61.8 Å². The Morgan fingerprint density at radius 3 is 2.58 bits per heavy atom. The summed E-state index contributed by atoms with van der Waals surface area (Å²) in [6.45, 7) is 6.14. The van der Waals surface area contributed by atoms with Crippen molar-refractivity contribution in [3.63, 3.8) is 0 Å². The van der Waals surface area contributed by atoms with Gasteiger partial charge in [-0.3, -0.25) is 19.5 Å². The number of aliphatic hydroxyl groups excluding tert-OH is 1. The number of carbonyl (C=O) groups excluding carboxylic acids is 3. The van der Waals surface area contributed by atoms with Crippen LogP contribution in [0.5, 0.6) is 17.5 Å². The Morgan fingerprint density at radius 2 is 1.81 bits per heavy atom. The molecule has 3 aromatic carbocycles. The number of nitrogens with one attached hydrogen (secondary N) is 1. The molecule has 2 amide bonds. The van der Waals surface area contributed by atoms with Crippen LogP contribution in [0.1, 0.15) is 73.3 Å². The Balaban J connectivity index is 0.776. The van der Waals surface area contributed by atoms with Gasteiger partial charge >= 0.3 is 18.1 Å². The fourth-order valence-corrected chi connectivity index (χ4v) is 13.5. The summed E-state index contributed by atoms with van der Waals surface area (Å²) in [6.07, 6.45) is 8.42. The minimum absolute atomic E-state index is 0.0289. The minimum Gasteiger partial charge on any atom is -0.508 e. The summed E-state index contributed by atoms with van der Waals surface area (Å²) >= 11 is 0. The van der Waals surface area contributed by atoms with E-state index in [-0.39, 0.29) is 158 Å². The van der Waals surface area contributed by atoms with Gasteiger partial charge in [-0.1, -0.05) is 25.5 Å². The van der Waals surface area contributed by atoms with Crippen molar-refractivity contribution in [1.29, 1.82) is 0 Å². The van der Waals surface area contributed by atoms with Crippen molar-refractivity contribution in [2.24, 2.45) is 0 Å². The number of alkyl carbamates (subject to hydrolysis) is 1. The Kier molecular flexibility index (Phi) is 13.5. The number of alkyl halides is 1. The number of aromatic nitrogens is 5. The molecule has 0 saturated carbocycles. The highest BCUT2D eigenvalue weighted by Crippen LogP contribution is 2.45. The molecule has 20 nitrogen and oxygen atoms in total. The molecule has 4 fully saturated rings. The highest BCUT2D eigenvalue weighted by atomic mass is 19.1. The molecule has 4 aromatic heterocycles. The molecule has 4 N–H and O–H groups in total. The van der Waals surface area contributed by atoms with Crippen LogP contribution in [0.3, 0.4) is 0 Å². The van der Waals surface area contributed by atoms with E-state index in [1.807, 2.05) is 4.90 Å². The summed E-state index contributed by atoms with van der Waals surface area (Å²) in [4.78, 5) is 79.0. The van der Waals surface area contributed by atoms with Crippen molar-refractivity contribution in [3.8, 4) is 52.5 Å². The average Bonchev–Trinajstić information content (AvgIpc) is 1.73. The lowest BCUT2D eigenvalue weighted by Gasteiger charge is -2.42. The third kappa shape index (κ3) is 8.87. The second-order valence-corrected chi connectivity index (χ2v) is 22.3. The van der Waals surface area contributed by atoms with E-state index < -0.39 is 46.6 Å². The van der Waals surface area contributed by atoms with Gasteiger partial charge in [0.15, 0.2) is 11.4 Å². The van der Waals surface area contributed by atoms with Gasteiger partial charge < -0.3 is 54.0 Å². The predicted molar refractivity (Wildman–Crippen MR) is 299 cm³/mol. The van der Waals surface area contributed by atoms with E-state index in [2.05, 4.69) is 32.7 Å². The van der Waals surface area contributed by atoms with Crippen molar-refractivity contribution in [1.82, 2.24) is 39.6 Å². The number of aliphatic hydroxyl groups is 2. The number of carbonyl (C=O) groups is 3. The van der Waals surface area contributed by atoms with Gasteiger partial charge in [0.25, 0.3) is 11.5 Å². The number of nitrogens with zero attached hydrogens (tertiary/aromatic N) is 8. The van der Waals surface area contributed by atoms with Crippen molar-refractivity contribution >= 4 is 56.4 Å². The van der Waals surface area contributed by atoms with Gasteiger partial charge in [-0.15, -0.1) is 6.42 Å². The van der Waals surface area contributed by atoms with E-state index in [9.17, 15) is 38.9 Å². The molecule has 10 heterocycles. The van der Waals surface area contributed by atoms with Crippen LogP contribution in [-0.4, -0.2) is 144 Å². The van der Waals surface area contributed by atoms with Gasteiger partial charge in [0.05, 0.1) is 64.2 Å². The van der Waals surface area contributed by atoms with E-state index >= 15 is 8.78 Å². The average molecular weight is 1150 g/mol. The maximum atomic E-state index is 17.5. The van der Waals surface area contributed by atoms with Gasteiger partial charge in [-0.05, 0) is 92.1 Å². The van der Waals surface area contributed by atoms with Crippen molar-refractivity contribution in [2.45, 2.75) is 94.5 Å². The molecule has 0 radical (unpaired) electrons. The number of hydrogen-bond donors (Lipinski definition) is 4. The van der Waals surface area contributed by atoms with Gasteiger partial charge in [0.2, 0.25) is 0 Å². The maximum Gasteiger partial charge on any atom is 0.407 e. The number of amides is 2. The van der Waals surface area contributed by atoms with Crippen LogP contribution in [0, 0.1) is 24.0 Å². The maximum absolute atomic E-state index is 17.5. The van der Waals surface area contributed by atoms with Gasteiger partial charge in [0, 0.05) is 71.8 Å². The molecule has 4 saturated heterocycles. The largest absolute Gasteiger partial charge is 0.508 e. The first kappa shape index (κ1) is 54.4. The number of phenolic OH excluding ortho intramolecular Hbond substituents is 1. The number of benzene rings is 3. The lowest BCUT2D eigenvalue weighted by molar-refractivity contribution is -0.172. The first-order chi connectivity index (χ1) is 40.5. The lowest BCUT2D eigenvalue weighted by Crippen LogP contribution is -2.56. The van der Waals surface area contributed by atoms with Crippen LogP contribution in [0.4, 0.5) is 23.8 Å². The standard InChI is InChI=1S/C61H56F3N9O11/c1-4-38-46(63)11-7-32-17-36(75)18-40(49(32)38)52-50(64)53-42(23-65-52)54(69-58(68-53)84-30-60-13-6-14-71(60)24-33(62)21-60)70-25-34-8-9-35(26-70)73(34)55(76)31(3)28-82-37-10-12-47-39(19-37)41(22-66-59(79)81-16-15-74)43-27-72-48(51(43)67-47)20-45-44(56(72)77)29-83-57(78)61(45,80)5-2/h1,7,10-12,17-20,23,33-35,74-75,80H,3,5-6,8-9,13-16,21-22,24-30H2,2H3,(H,66,79)/t33-,34?,35?,60+,61+/m1/s1. The molecule has 6 aliphatic heterocycles. The van der Waals surface area contributed by atoms with Crippen molar-refractivity contribution in [3.05, 3.63) is 117 Å². The monoisotopic (exact) mass is 1150 g/mol. The van der Waals surface area contributed by atoms with Gasteiger partial charge in [-0.25, -0.2) is 27.7 Å². The number of ether oxygens (including phenoxy) is 4. The fourth-order valence-electron chi connectivity index (χ4n) is 13.5. The predicted octanol–water partition coefficient (Wildman–Crippen LogP) is 6.19. The first-order valence-electron chi connectivity index (χ1n) is 27.8. The molecule has 2 bridgehead atoms. The van der Waals surface area contributed by atoms with Crippen LogP contribution < -0.4 is 25.2 Å². The van der Waals surface area contributed by atoms with E-state index in [0.29, 0.717) is 69.6 Å². The molecular weight excluding hydrogens is 1090 g/mol. The number of aromatic hydroxyl groups is 1. The van der Waals surface area contributed by atoms with E-state index in [1.54, 1.807) is 36.1 Å². The number of fused-ring (bicyclic) bond motifs is 10. The smallest absolute Gasteiger partial charge is 0.407 e. The fraction of sp³-hybridized carbons (Fsp3) is 0.377. The summed E-state index contributed by atoms with van der Waals surface area (Å²) in [5, 5.41) is 35.5. The molecule has 0 aliphatic carbocycles. The minimum atomic E-state index is -2.04. The summed E-state index contributed by atoms with van der Waals surface area (Å²) in [6, 6.07) is 11.1. The normalized spacial score (nSPS) is 22.2. The number of anilines is 1. The molecule has 7 aromatic rings. The number of cyclic esters (lactones) is 1. The summed E-state index contributed by atoms with van der Waals surface area (Å²) < 4.78 is 72.0. The molecule has 23 heteroatoms. The number of esters is 1. The second kappa shape index (κ2) is 20.8. The zero-order valence-corrected chi connectivity index (χ0v) is 45.6. The highest BCUT2D eigenvalue weighted by molar-refractivity contribution is 6.03.